The standard InChI is InChI=1S/C45H59N9O7/c1-26-16-32-27(2)54(45(6,7)8)33-21-38(37(60-12)20-31(33)43(59)53(32)22-26)61-15-13-14-39(55)46-28-17-34(50(9)23-28)40(56)47-29-18-35(51(10)24-29)41(57)48-30-19-36(52(11)25-30)42(58)49-44(3,4)5/h17-21,23-25,27,32H,1,13-16,22H2,2-12H3,(H,46,55)(H,47,56)(H,48,57)(H,49,58)/t27?,32-/m0/s1. The predicted octanol–water partition coefficient (Wildman–Crippen LogP) is 6.32. The van der Waals surface area contributed by atoms with Gasteiger partial charge < -0.3 is 54.2 Å². The third kappa shape index (κ3) is 9.63. The van der Waals surface area contributed by atoms with Crippen molar-refractivity contribution in [1.29, 1.82) is 0 Å². The molecule has 0 radical (unpaired) electrons. The summed E-state index contributed by atoms with van der Waals surface area (Å²) in [6.07, 6.45) is 6.22. The Morgan fingerprint density at radius 1 is 0.770 bits per heavy atom. The molecule has 2 aliphatic rings. The molecule has 0 aliphatic carbocycles. The Labute approximate surface area is 357 Å². The summed E-state index contributed by atoms with van der Waals surface area (Å²) in [5.74, 6) is -0.513. The lowest BCUT2D eigenvalue weighted by molar-refractivity contribution is -0.116. The molecule has 2 aliphatic heterocycles. The zero-order valence-electron chi connectivity index (χ0n) is 37.1. The topological polar surface area (TPSA) is 173 Å². The lowest BCUT2D eigenvalue weighted by Crippen LogP contribution is -2.53. The normalized spacial score (nSPS) is 16.4. The molecule has 5 amide bonds. The second kappa shape index (κ2) is 16.9. The molecule has 0 bridgehead atoms. The molecule has 1 aromatic carbocycles. The van der Waals surface area contributed by atoms with Crippen molar-refractivity contribution >= 4 is 52.3 Å². The van der Waals surface area contributed by atoms with Gasteiger partial charge in [0.15, 0.2) is 11.5 Å². The smallest absolute Gasteiger partial charge is 0.272 e. The molecule has 2 atom stereocenters. The summed E-state index contributed by atoms with van der Waals surface area (Å²) in [5, 5.41) is 11.4. The summed E-state index contributed by atoms with van der Waals surface area (Å²) in [5.41, 5.74) is 3.91. The van der Waals surface area contributed by atoms with Crippen LogP contribution >= 0.6 is 0 Å². The zero-order chi connectivity index (χ0) is 44.7. The number of carbonyl (C=O) groups excluding carboxylic acids is 5. The van der Waals surface area contributed by atoms with Crippen LogP contribution in [0.25, 0.3) is 0 Å². The number of methoxy groups -OCH3 is 1. The molecule has 4 N–H and O–H groups in total. The third-order valence-corrected chi connectivity index (χ3v) is 10.8. The fourth-order valence-electron chi connectivity index (χ4n) is 8.20. The average molecular weight is 838 g/mol. The highest BCUT2D eigenvalue weighted by Gasteiger charge is 2.45. The number of hydrogen-bond donors (Lipinski definition) is 4. The first-order valence-corrected chi connectivity index (χ1v) is 20.4. The van der Waals surface area contributed by atoms with Crippen molar-refractivity contribution in [1.82, 2.24) is 23.9 Å². The maximum absolute atomic E-state index is 13.9. The predicted molar refractivity (Wildman–Crippen MR) is 236 cm³/mol. The van der Waals surface area contributed by atoms with Crippen LogP contribution in [0.15, 0.2) is 61.1 Å². The second-order valence-electron chi connectivity index (χ2n) is 18.0. The van der Waals surface area contributed by atoms with Crippen molar-refractivity contribution in [2.75, 3.05) is 41.1 Å². The molecule has 3 aromatic heterocycles. The molecule has 61 heavy (non-hydrogen) atoms. The minimum Gasteiger partial charge on any atom is -0.493 e. The minimum absolute atomic E-state index is 0.000178. The average Bonchev–Trinajstić information content (AvgIpc) is 3.92. The quantitative estimate of drug-likeness (QED) is 0.0949. The number of hydrogen-bond acceptors (Lipinski definition) is 8. The molecule has 16 nitrogen and oxygen atoms in total. The van der Waals surface area contributed by atoms with E-state index in [0.29, 0.717) is 52.8 Å². The van der Waals surface area contributed by atoms with E-state index < -0.39 is 17.4 Å². The van der Waals surface area contributed by atoms with Crippen molar-refractivity contribution in [3.63, 3.8) is 0 Å². The highest BCUT2D eigenvalue weighted by Crippen LogP contribution is 2.44. The van der Waals surface area contributed by atoms with Crippen molar-refractivity contribution in [3.05, 3.63) is 83.7 Å². The van der Waals surface area contributed by atoms with Gasteiger partial charge in [-0.05, 0) is 85.6 Å². The zero-order valence-corrected chi connectivity index (χ0v) is 37.1. The van der Waals surface area contributed by atoms with Gasteiger partial charge in [-0.15, -0.1) is 0 Å². The molecule has 4 aromatic rings. The van der Waals surface area contributed by atoms with Gasteiger partial charge in [0.05, 0.1) is 48.1 Å². The van der Waals surface area contributed by atoms with Crippen molar-refractivity contribution in [2.24, 2.45) is 21.1 Å². The molecule has 1 unspecified atom stereocenters. The molecule has 1 fully saturated rings. The number of nitrogens with zero attached hydrogens (tertiary/aromatic N) is 5. The maximum atomic E-state index is 13.9. The van der Waals surface area contributed by atoms with E-state index in [4.69, 9.17) is 9.47 Å². The number of aryl methyl sites for hydroxylation is 3. The molecular weight excluding hydrogens is 779 g/mol. The largest absolute Gasteiger partial charge is 0.493 e. The molecule has 326 valence electrons. The molecule has 5 heterocycles. The fourth-order valence-corrected chi connectivity index (χ4v) is 8.20. The Hall–Kier alpha value is -6.45. The number of rotatable bonds is 12. The van der Waals surface area contributed by atoms with E-state index in [1.165, 1.54) is 0 Å². The van der Waals surface area contributed by atoms with Crippen LogP contribution in [-0.2, 0) is 25.9 Å². The van der Waals surface area contributed by atoms with E-state index in [2.05, 4.69) is 60.4 Å². The van der Waals surface area contributed by atoms with Crippen LogP contribution in [0, 0.1) is 0 Å². The molecular formula is C45H59N9O7. The molecule has 16 heteroatoms. The van der Waals surface area contributed by atoms with Gasteiger partial charge in [-0.2, -0.15) is 0 Å². The molecule has 1 saturated heterocycles. The van der Waals surface area contributed by atoms with E-state index >= 15 is 0 Å². The number of aromatic nitrogens is 3. The van der Waals surface area contributed by atoms with E-state index in [0.717, 1.165) is 17.7 Å². The summed E-state index contributed by atoms with van der Waals surface area (Å²) in [4.78, 5) is 70.4. The summed E-state index contributed by atoms with van der Waals surface area (Å²) in [6.45, 7) is 19.1. The first-order chi connectivity index (χ1) is 28.5. The Balaban J connectivity index is 1.04. The van der Waals surface area contributed by atoms with E-state index in [1.54, 1.807) is 84.8 Å². The van der Waals surface area contributed by atoms with Gasteiger partial charge in [-0.1, -0.05) is 12.2 Å². The number of ether oxygens (including phenoxy) is 2. The number of nitrogens with one attached hydrogen (secondary N) is 4. The Morgan fingerprint density at radius 3 is 1.80 bits per heavy atom. The number of anilines is 4. The fraction of sp³-hybridized carbons (Fsp3) is 0.444. The van der Waals surface area contributed by atoms with Crippen molar-refractivity contribution < 1.29 is 33.4 Å². The SMILES string of the molecule is C=C1C[C@H]2C(C)N(C(C)(C)C)c3cc(OCCCC(=O)Nc4cc(C(=O)Nc5cc(C(=O)Nc6cc(C(=O)NC(C)(C)C)n(C)c6)n(C)c5)n(C)c4)c(OC)cc3C(=O)N2C1. The Kier molecular flexibility index (Phi) is 12.2. The molecule has 0 spiro atoms. The van der Waals surface area contributed by atoms with Crippen LogP contribution in [0.3, 0.4) is 0 Å². The van der Waals surface area contributed by atoms with Crippen LogP contribution in [0.5, 0.6) is 11.5 Å². The highest BCUT2D eigenvalue weighted by atomic mass is 16.5. The highest BCUT2D eigenvalue weighted by molar-refractivity contribution is 6.08. The summed E-state index contributed by atoms with van der Waals surface area (Å²) >= 11 is 0. The Bertz CT molecular complexity index is 2390. The van der Waals surface area contributed by atoms with Gasteiger partial charge in [-0.25, -0.2) is 0 Å². The lowest BCUT2D eigenvalue weighted by atomic mass is 9.96. The summed E-state index contributed by atoms with van der Waals surface area (Å²) in [7, 11) is 6.65. The first-order valence-electron chi connectivity index (χ1n) is 20.4. The summed E-state index contributed by atoms with van der Waals surface area (Å²) < 4.78 is 16.7. The van der Waals surface area contributed by atoms with Gasteiger partial charge in [-0.3, -0.25) is 24.0 Å². The number of amides is 5. The van der Waals surface area contributed by atoms with Gasteiger partial charge in [0.25, 0.3) is 23.6 Å². The van der Waals surface area contributed by atoms with Gasteiger partial charge in [0, 0.05) is 75.9 Å². The second-order valence-corrected chi connectivity index (χ2v) is 18.0. The van der Waals surface area contributed by atoms with E-state index in [1.807, 2.05) is 31.7 Å². The van der Waals surface area contributed by atoms with Crippen LogP contribution in [-0.4, -0.2) is 91.6 Å². The minimum atomic E-state index is -0.437. The van der Waals surface area contributed by atoms with Crippen LogP contribution < -0.4 is 35.6 Å². The first kappa shape index (κ1) is 44.1. The monoisotopic (exact) mass is 837 g/mol. The van der Waals surface area contributed by atoms with Gasteiger partial charge in [0.1, 0.15) is 17.1 Å². The molecule has 6 rings (SSSR count). The lowest BCUT2D eigenvalue weighted by Gasteiger charge is -2.44. The van der Waals surface area contributed by atoms with Crippen molar-refractivity contribution in [2.45, 2.75) is 90.9 Å². The maximum Gasteiger partial charge on any atom is 0.272 e. The van der Waals surface area contributed by atoms with Gasteiger partial charge in [0.2, 0.25) is 5.91 Å². The van der Waals surface area contributed by atoms with Gasteiger partial charge >= 0.3 is 0 Å². The third-order valence-electron chi connectivity index (χ3n) is 10.8. The summed E-state index contributed by atoms with van der Waals surface area (Å²) in [6, 6.07) is 8.39. The Morgan fingerprint density at radius 2 is 1.30 bits per heavy atom. The molecule has 0 saturated carbocycles. The van der Waals surface area contributed by atoms with E-state index in [-0.39, 0.29) is 59.8 Å². The van der Waals surface area contributed by atoms with Crippen LogP contribution in [0.4, 0.5) is 22.7 Å². The van der Waals surface area contributed by atoms with E-state index in [9.17, 15) is 24.0 Å². The van der Waals surface area contributed by atoms with Crippen LogP contribution in [0.1, 0.15) is 110 Å². The van der Waals surface area contributed by atoms with Crippen LogP contribution in [0.2, 0.25) is 0 Å². The van der Waals surface area contributed by atoms with Crippen molar-refractivity contribution in [3.8, 4) is 11.5 Å². The number of fused-ring (bicyclic) bond motifs is 2. The number of benzene rings is 1. The number of carbonyl (C=O) groups is 5.